The summed E-state index contributed by atoms with van der Waals surface area (Å²) in [6.07, 6.45) is 0.492. The van der Waals surface area contributed by atoms with Crippen molar-refractivity contribution in [2.45, 2.75) is 23.9 Å². The molecule has 1 atom stereocenters. The van der Waals surface area contributed by atoms with Crippen LogP contribution < -0.4 is 0 Å². The Kier molecular flexibility index (Phi) is 6.37. The van der Waals surface area contributed by atoms with E-state index in [1.807, 2.05) is 66.7 Å². The van der Waals surface area contributed by atoms with E-state index in [2.05, 4.69) is 0 Å². The standard InChI is InChI=1S/C23H22ClNO3S2/c24-20-10-4-8-18-9-5-11-21(23(18)20)29-15-22(26)25(14-17-6-2-1-3-7-17)19-12-13-30(27,28)16-19/h1-11,19H,12-16H2. The van der Waals surface area contributed by atoms with Crippen LogP contribution in [0.15, 0.2) is 71.6 Å². The van der Waals surface area contributed by atoms with Crippen LogP contribution in [0, 0.1) is 0 Å². The number of nitrogens with zero attached hydrogens (tertiary/aromatic N) is 1. The molecule has 0 saturated carbocycles. The van der Waals surface area contributed by atoms with E-state index in [1.165, 1.54) is 11.8 Å². The SMILES string of the molecule is O=C(CSc1cccc2cccc(Cl)c12)N(Cc1ccccc1)C1CCS(=O)(=O)C1. The third-order valence-electron chi connectivity index (χ3n) is 5.33. The molecule has 1 heterocycles. The molecule has 4 rings (SSSR count). The molecule has 3 aromatic rings. The summed E-state index contributed by atoms with van der Waals surface area (Å²) in [4.78, 5) is 15.9. The Balaban J connectivity index is 1.55. The van der Waals surface area contributed by atoms with Gasteiger partial charge in [-0.2, -0.15) is 0 Å². The van der Waals surface area contributed by atoms with Crippen molar-refractivity contribution in [1.29, 1.82) is 0 Å². The van der Waals surface area contributed by atoms with Crippen molar-refractivity contribution in [3.05, 3.63) is 77.3 Å². The predicted molar refractivity (Wildman–Crippen MR) is 124 cm³/mol. The molecule has 0 aromatic heterocycles. The number of carbonyl (C=O) groups excluding carboxylic acids is 1. The lowest BCUT2D eigenvalue weighted by atomic mass is 10.1. The quantitative estimate of drug-likeness (QED) is 0.497. The monoisotopic (exact) mass is 459 g/mol. The van der Waals surface area contributed by atoms with Gasteiger partial charge in [-0.15, -0.1) is 11.8 Å². The molecule has 4 nitrogen and oxygen atoms in total. The summed E-state index contributed by atoms with van der Waals surface area (Å²) < 4.78 is 24.1. The molecule has 30 heavy (non-hydrogen) atoms. The summed E-state index contributed by atoms with van der Waals surface area (Å²) in [7, 11) is -3.09. The Labute approximate surface area is 186 Å². The second-order valence-corrected chi connectivity index (χ2v) is 11.1. The van der Waals surface area contributed by atoms with Crippen LogP contribution in [0.3, 0.4) is 0 Å². The van der Waals surface area contributed by atoms with Gasteiger partial charge in [-0.1, -0.05) is 66.2 Å². The van der Waals surface area contributed by atoms with Crippen molar-refractivity contribution in [2.75, 3.05) is 17.3 Å². The van der Waals surface area contributed by atoms with Gasteiger partial charge in [0.2, 0.25) is 5.91 Å². The van der Waals surface area contributed by atoms with Crippen LogP contribution in [0.4, 0.5) is 0 Å². The van der Waals surface area contributed by atoms with Gasteiger partial charge in [0.25, 0.3) is 0 Å². The third kappa shape index (κ3) is 4.82. The zero-order valence-corrected chi connectivity index (χ0v) is 18.7. The number of benzene rings is 3. The van der Waals surface area contributed by atoms with Crippen LogP contribution in [0.2, 0.25) is 5.02 Å². The Morgan fingerprint density at radius 1 is 1.03 bits per heavy atom. The van der Waals surface area contributed by atoms with E-state index in [9.17, 15) is 13.2 Å². The van der Waals surface area contributed by atoms with Gasteiger partial charge >= 0.3 is 0 Å². The average molecular weight is 460 g/mol. The number of hydrogen-bond donors (Lipinski definition) is 0. The number of rotatable bonds is 6. The molecule has 1 amide bonds. The number of thioether (sulfide) groups is 1. The normalized spacial score (nSPS) is 17.8. The first-order valence-electron chi connectivity index (χ1n) is 9.77. The van der Waals surface area contributed by atoms with E-state index < -0.39 is 9.84 Å². The van der Waals surface area contributed by atoms with E-state index in [4.69, 9.17) is 11.6 Å². The smallest absolute Gasteiger partial charge is 0.233 e. The van der Waals surface area contributed by atoms with Crippen LogP contribution >= 0.6 is 23.4 Å². The lowest BCUT2D eigenvalue weighted by molar-refractivity contribution is -0.130. The zero-order valence-electron chi connectivity index (χ0n) is 16.3. The van der Waals surface area contributed by atoms with Crippen LogP contribution in [0.1, 0.15) is 12.0 Å². The molecule has 7 heteroatoms. The molecule has 0 N–H and O–H groups in total. The minimum atomic E-state index is -3.09. The minimum absolute atomic E-state index is 0.0380. The van der Waals surface area contributed by atoms with Crippen molar-refractivity contribution < 1.29 is 13.2 Å². The van der Waals surface area contributed by atoms with Crippen LogP contribution in [0.5, 0.6) is 0 Å². The molecule has 0 aliphatic carbocycles. The van der Waals surface area contributed by atoms with E-state index in [0.717, 1.165) is 21.2 Å². The highest BCUT2D eigenvalue weighted by Gasteiger charge is 2.34. The molecule has 1 unspecified atom stereocenters. The van der Waals surface area contributed by atoms with Gasteiger partial charge in [0.1, 0.15) is 0 Å². The molecule has 0 radical (unpaired) electrons. The molecule has 1 saturated heterocycles. The molecule has 1 aliphatic rings. The summed E-state index contributed by atoms with van der Waals surface area (Å²) in [5.41, 5.74) is 0.994. The van der Waals surface area contributed by atoms with Crippen molar-refractivity contribution in [3.63, 3.8) is 0 Å². The van der Waals surface area contributed by atoms with Crippen molar-refractivity contribution in [3.8, 4) is 0 Å². The molecular weight excluding hydrogens is 438 g/mol. The average Bonchev–Trinajstić information content (AvgIpc) is 3.10. The third-order valence-corrected chi connectivity index (χ3v) is 8.44. The second-order valence-electron chi connectivity index (χ2n) is 7.45. The first-order valence-corrected chi connectivity index (χ1v) is 13.0. The fraction of sp³-hybridized carbons (Fsp3) is 0.261. The summed E-state index contributed by atoms with van der Waals surface area (Å²) >= 11 is 7.85. The van der Waals surface area contributed by atoms with Gasteiger partial charge in [0.15, 0.2) is 9.84 Å². The molecular formula is C23H22ClNO3S2. The Morgan fingerprint density at radius 3 is 2.47 bits per heavy atom. The van der Waals surface area contributed by atoms with Gasteiger partial charge < -0.3 is 4.90 Å². The maximum Gasteiger partial charge on any atom is 0.233 e. The van der Waals surface area contributed by atoms with Gasteiger partial charge in [0, 0.05) is 27.9 Å². The molecule has 1 aliphatic heterocycles. The molecule has 3 aromatic carbocycles. The van der Waals surface area contributed by atoms with Crippen LogP contribution in [-0.4, -0.2) is 42.5 Å². The minimum Gasteiger partial charge on any atom is -0.334 e. The molecule has 1 fully saturated rings. The van der Waals surface area contributed by atoms with Crippen LogP contribution in [-0.2, 0) is 21.2 Å². The number of fused-ring (bicyclic) bond motifs is 1. The fourth-order valence-electron chi connectivity index (χ4n) is 3.83. The maximum absolute atomic E-state index is 13.2. The van der Waals surface area contributed by atoms with Gasteiger partial charge in [-0.3, -0.25) is 4.79 Å². The molecule has 0 spiro atoms. The Bertz CT molecular complexity index is 1160. The predicted octanol–water partition coefficient (Wildman–Crippen LogP) is 4.80. The van der Waals surface area contributed by atoms with Crippen molar-refractivity contribution >= 4 is 49.9 Å². The highest BCUT2D eigenvalue weighted by atomic mass is 35.5. The largest absolute Gasteiger partial charge is 0.334 e. The lowest BCUT2D eigenvalue weighted by Crippen LogP contribution is -2.41. The second kappa shape index (κ2) is 9.00. The zero-order chi connectivity index (χ0) is 21.1. The first-order chi connectivity index (χ1) is 14.4. The summed E-state index contributed by atoms with van der Waals surface area (Å²) in [5.74, 6) is 0.349. The van der Waals surface area contributed by atoms with Gasteiger partial charge in [0.05, 0.1) is 17.3 Å². The number of carbonyl (C=O) groups is 1. The van der Waals surface area contributed by atoms with Crippen molar-refractivity contribution in [2.24, 2.45) is 0 Å². The molecule has 156 valence electrons. The van der Waals surface area contributed by atoms with Crippen molar-refractivity contribution in [1.82, 2.24) is 4.90 Å². The van der Waals surface area contributed by atoms with E-state index >= 15 is 0 Å². The van der Waals surface area contributed by atoms with E-state index in [1.54, 1.807) is 4.90 Å². The molecule has 0 bridgehead atoms. The fourth-order valence-corrected chi connectivity index (χ4v) is 6.89. The highest BCUT2D eigenvalue weighted by molar-refractivity contribution is 8.00. The number of sulfone groups is 1. The van der Waals surface area contributed by atoms with E-state index in [0.29, 0.717) is 18.0 Å². The first kappa shape index (κ1) is 21.2. The van der Waals surface area contributed by atoms with E-state index in [-0.39, 0.29) is 29.2 Å². The number of amides is 1. The summed E-state index contributed by atoms with van der Waals surface area (Å²) in [5, 5.41) is 2.63. The number of hydrogen-bond acceptors (Lipinski definition) is 4. The summed E-state index contributed by atoms with van der Waals surface area (Å²) in [6, 6.07) is 21.1. The Hall–Kier alpha value is -2.02. The number of halogens is 1. The maximum atomic E-state index is 13.2. The Morgan fingerprint density at radius 2 is 1.77 bits per heavy atom. The lowest BCUT2D eigenvalue weighted by Gasteiger charge is -2.28. The topological polar surface area (TPSA) is 54.5 Å². The van der Waals surface area contributed by atoms with Crippen LogP contribution in [0.25, 0.3) is 10.8 Å². The van der Waals surface area contributed by atoms with Gasteiger partial charge in [-0.25, -0.2) is 8.42 Å². The highest BCUT2D eigenvalue weighted by Crippen LogP contribution is 2.33. The van der Waals surface area contributed by atoms with Gasteiger partial charge in [-0.05, 0) is 29.5 Å². The summed E-state index contributed by atoms with van der Waals surface area (Å²) in [6.45, 7) is 0.413.